The number of aryl methyl sites for hydroxylation is 1. The van der Waals surface area contributed by atoms with E-state index in [1.54, 1.807) is 29.2 Å². The van der Waals surface area contributed by atoms with E-state index in [1.165, 1.54) is 11.6 Å². The molecule has 0 aliphatic heterocycles. The number of carbonyl (C=O) groups excluding carboxylic acids is 1. The second kappa shape index (κ2) is 9.05. The molecule has 1 heterocycles. The van der Waals surface area contributed by atoms with E-state index in [2.05, 4.69) is 17.3 Å². The van der Waals surface area contributed by atoms with E-state index in [1.807, 2.05) is 42.5 Å². The highest BCUT2D eigenvalue weighted by Crippen LogP contribution is 2.16. The second-order valence-corrected chi connectivity index (χ2v) is 6.29. The minimum atomic E-state index is -0.259. The van der Waals surface area contributed by atoms with Crippen LogP contribution >= 0.6 is 11.6 Å². The number of aromatic nitrogens is 2. The van der Waals surface area contributed by atoms with Gasteiger partial charge in [0, 0.05) is 11.1 Å². The standard InChI is InChI=1S/C21H20ClN3O2/c1-2-16-7-10-19(11-8-16)27-15-25-14-18(13-23-25)24-21(26)12-9-17-5-3-4-6-20(17)22/h3-14H,2,15H2,1H3,(H,24,26)/b12-9+. The van der Waals surface area contributed by atoms with Crippen molar-refractivity contribution in [1.29, 1.82) is 0 Å². The number of halogens is 1. The molecule has 1 amide bonds. The van der Waals surface area contributed by atoms with Crippen molar-refractivity contribution in [1.82, 2.24) is 9.78 Å². The lowest BCUT2D eigenvalue weighted by atomic mass is 10.2. The number of rotatable bonds is 7. The van der Waals surface area contributed by atoms with Gasteiger partial charge in [-0.2, -0.15) is 5.10 Å². The van der Waals surface area contributed by atoms with Crippen LogP contribution in [0.4, 0.5) is 5.69 Å². The summed E-state index contributed by atoms with van der Waals surface area (Å²) in [6.45, 7) is 2.37. The van der Waals surface area contributed by atoms with E-state index in [9.17, 15) is 4.79 Å². The van der Waals surface area contributed by atoms with Crippen LogP contribution in [0.3, 0.4) is 0 Å². The Labute approximate surface area is 163 Å². The topological polar surface area (TPSA) is 56.1 Å². The lowest BCUT2D eigenvalue weighted by Gasteiger charge is -2.06. The first-order valence-corrected chi connectivity index (χ1v) is 8.99. The normalized spacial score (nSPS) is 10.9. The summed E-state index contributed by atoms with van der Waals surface area (Å²) in [6, 6.07) is 15.3. The number of hydrogen-bond acceptors (Lipinski definition) is 3. The van der Waals surface area contributed by atoms with Crippen molar-refractivity contribution in [3.8, 4) is 5.75 Å². The van der Waals surface area contributed by atoms with Crippen LogP contribution in [0, 0.1) is 0 Å². The molecule has 0 spiro atoms. The number of anilines is 1. The number of hydrogen-bond donors (Lipinski definition) is 1. The van der Waals surface area contributed by atoms with Crippen LogP contribution in [0.5, 0.6) is 5.75 Å². The first kappa shape index (κ1) is 18.7. The fraction of sp³-hybridized carbons (Fsp3) is 0.143. The maximum absolute atomic E-state index is 12.0. The quantitative estimate of drug-likeness (QED) is 0.599. The zero-order valence-electron chi connectivity index (χ0n) is 14.9. The van der Waals surface area contributed by atoms with Crippen molar-refractivity contribution in [2.24, 2.45) is 0 Å². The maximum atomic E-state index is 12.0. The van der Waals surface area contributed by atoms with Crippen LogP contribution in [0.15, 0.2) is 67.0 Å². The SMILES string of the molecule is CCc1ccc(OCn2cc(NC(=O)/C=C/c3ccccc3Cl)cn2)cc1. The molecule has 0 bridgehead atoms. The predicted octanol–water partition coefficient (Wildman–Crippen LogP) is 4.79. The highest BCUT2D eigenvalue weighted by molar-refractivity contribution is 6.32. The Morgan fingerprint density at radius 1 is 1.22 bits per heavy atom. The number of amides is 1. The number of nitrogens with zero attached hydrogens (tertiary/aromatic N) is 2. The zero-order chi connectivity index (χ0) is 19.1. The molecule has 0 aliphatic rings. The van der Waals surface area contributed by atoms with E-state index < -0.39 is 0 Å². The van der Waals surface area contributed by atoms with Crippen LogP contribution in [0.2, 0.25) is 5.02 Å². The first-order chi connectivity index (χ1) is 13.1. The van der Waals surface area contributed by atoms with Crippen molar-refractivity contribution >= 4 is 29.3 Å². The van der Waals surface area contributed by atoms with Crippen molar-refractivity contribution in [3.63, 3.8) is 0 Å². The fourth-order valence-electron chi connectivity index (χ4n) is 2.42. The Morgan fingerprint density at radius 2 is 2.00 bits per heavy atom. The molecule has 0 fully saturated rings. The number of benzene rings is 2. The van der Waals surface area contributed by atoms with E-state index >= 15 is 0 Å². The maximum Gasteiger partial charge on any atom is 0.248 e. The van der Waals surface area contributed by atoms with Crippen LogP contribution in [0.1, 0.15) is 18.1 Å². The lowest BCUT2D eigenvalue weighted by Crippen LogP contribution is -2.08. The molecule has 3 aromatic rings. The molecule has 3 rings (SSSR count). The molecule has 0 saturated heterocycles. The van der Waals surface area contributed by atoms with Crippen LogP contribution in [0.25, 0.3) is 6.08 Å². The summed E-state index contributed by atoms with van der Waals surface area (Å²) in [7, 11) is 0. The minimum absolute atomic E-state index is 0.259. The van der Waals surface area contributed by atoms with Crippen molar-refractivity contribution in [3.05, 3.63) is 83.2 Å². The Hall–Kier alpha value is -3.05. The highest BCUT2D eigenvalue weighted by atomic mass is 35.5. The Morgan fingerprint density at radius 3 is 2.74 bits per heavy atom. The molecule has 0 aliphatic carbocycles. The Kier molecular flexibility index (Phi) is 6.28. The van der Waals surface area contributed by atoms with Gasteiger partial charge in [-0.25, -0.2) is 4.68 Å². The summed E-state index contributed by atoms with van der Waals surface area (Å²) in [5.74, 6) is 0.515. The van der Waals surface area contributed by atoms with Gasteiger partial charge in [0.05, 0.1) is 18.1 Å². The number of ether oxygens (including phenoxy) is 1. The van der Waals surface area contributed by atoms with E-state index in [0.717, 1.165) is 17.7 Å². The molecular formula is C21H20ClN3O2. The van der Waals surface area contributed by atoms with Gasteiger partial charge >= 0.3 is 0 Å². The van der Waals surface area contributed by atoms with Crippen molar-refractivity contribution in [2.45, 2.75) is 20.1 Å². The van der Waals surface area contributed by atoms with Gasteiger partial charge in [0.2, 0.25) is 5.91 Å². The molecule has 5 nitrogen and oxygen atoms in total. The van der Waals surface area contributed by atoms with E-state index in [-0.39, 0.29) is 12.6 Å². The zero-order valence-corrected chi connectivity index (χ0v) is 15.7. The average molecular weight is 382 g/mol. The van der Waals surface area contributed by atoms with Crippen LogP contribution in [-0.4, -0.2) is 15.7 Å². The highest BCUT2D eigenvalue weighted by Gasteiger charge is 2.03. The molecular weight excluding hydrogens is 362 g/mol. The van der Waals surface area contributed by atoms with Gasteiger partial charge in [-0.05, 0) is 41.8 Å². The Balaban J connectivity index is 1.52. The van der Waals surface area contributed by atoms with Crippen LogP contribution < -0.4 is 10.1 Å². The largest absolute Gasteiger partial charge is 0.471 e. The minimum Gasteiger partial charge on any atom is -0.471 e. The summed E-state index contributed by atoms with van der Waals surface area (Å²) in [5.41, 5.74) is 2.64. The molecule has 0 radical (unpaired) electrons. The van der Waals surface area contributed by atoms with Crippen molar-refractivity contribution < 1.29 is 9.53 Å². The third-order valence-corrected chi connectivity index (χ3v) is 4.26. The summed E-state index contributed by atoms with van der Waals surface area (Å²) in [5, 5.41) is 7.54. The van der Waals surface area contributed by atoms with Gasteiger partial charge in [-0.15, -0.1) is 0 Å². The number of nitrogens with one attached hydrogen (secondary N) is 1. The van der Waals surface area contributed by atoms with Gasteiger partial charge in [-0.3, -0.25) is 4.79 Å². The average Bonchev–Trinajstić information content (AvgIpc) is 3.13. The van der Waals surface area contributed by atoms with Gasteiger partial charge in [0.25, 0.3) is 0 Å². The summed E-state index contributed by atoms with van der Waals surface area (Å²) < 4.78 is 7.30. The third kappa shape index (κ3) is 5.46. The molecule has 1 N–H and O–H groups in total. The third-order valence-electron chi connectivity index (χ3n) is 3.92. The van der Waals surface area contributed by atoms with Gasteiger partial charge in [0.1, 0.15) is 5.75 Å². The van der Waals surface area contributed by atoms with Gasteiger partial charge in [0.15, 0.2) is 6.73 Å². The summed E-state index contributed by atoms with van der Waals surface area (Å²) in [6.07, 6.45) is 7.38. The molecule has 1 aromatic heterocycles. The van der Waals surface area contributed by atoms with Gasteiger partial charge < -0.3 is 10.1 Å². The molecule has 0 unspecified atom stereocenters. The molecule has 0 atom stereocenters. The second-order valence-electron chi connectivity index (χ2n) is 5.88. The molecule has 6 heteroatoms. The monoisotopic (exact) mass is 381 g/mol. The Bertz CT molecular complexity index is 933. The summed E-state index contributed by atoms with van der Waals surface area (Å²) in [4.78, 5) is 12.0. The van der Waals surface area contributed by atoms with E-state index in [4.69, 9.17) is 16.3 Å². The van der Waals surface area contributed by atoms with Gasteiger partial charge in [-0.1, -0.05) is 48.9 Å². The molecule has 0 saturated carbocycles. The lowest BCUT2D eigenvalue weighted by molar-refractivity contribution is -0.111. The molecule has 138 valence electrons. The van der Waals surface area contributed by atoms with E-state index in [0.29, 0.717) is 10.7 Å². The predicted molar refractivity (Wildman–Crippen MR) is 108 cm³/mol. The van der Waals surface area contributed by atoms with Crippen LogP contribution in [-0.2, 0) is 17.9 Å². The first-order valence-electron chi connectivity index (χ1n) is 8.62. The fourth-order valence-corrected chi connectivity index (χ4v) is 2.62. The number of carbonyl (C=O) groups is 1. The van der Waals surface area contributed by atoms with Crippen molar-refractivity contribution in [2.75, 3.05) is 5.32 Å². The molecule has 27 heavy (non-hydrogen) atoms. The summed E-state index contributed by atoms with van der Waals surface area (Å²) >= 11 is 6.06. The molecule has 2 aromatic carbocycles. The smallest absolute Gasteiger partial charge is 0.248 e.